The van der Waals surface area contributed by atoms with Crippen LogP contribution in [-0.2, 0) is 0 Å². The Hall–Kier alpha value is -0.780. The normalized spacial score (nSPS) is 49.8. The first kappa shape index (κ1) is 46.9. The van der Waals surface area contributed by atoms with E-state index in [4.69, 9.17) is 0 Å². The zero-order valence-corrected chi connectivity index (χ0v) is 43.5. The van der Waals surface area contributed by atoms with Crippen molar-refractivity contribution in [2.75, 3.05) is 0 Å². The van der Waals surface area contributed by atoms with E-state index in [-0.39, 0.29) is 0 Å². The van der Waals surface area contributed by atoms with Gasteiger partial charge in [0.25, 0.3) is 0 Å². The molecule has 0 heteroatoms. The van der Waals surface area contributed by atoms with Gasteiger partial charge in [-0.3, -0.25) is 0 Å². The maximum atomic E-state index is 2.68. The van der Waals surface area contributed by atoms with Crippen LogP contribution in [0.4, 0.5) is 0 Å². The first-order chi connectivity index (χ1) is 31.5. The molecule has 64 heavy (non-hydrogen) atoms. The molecule has 1 aromatic rings. The molecule has 360 valence electrons. The summed E-state index contributed by atoms with van der Waals surface area (Å²) in [6, 6.07) is 12.7. The molecular weight excluding hydrogens is 769 g/mol. The molecule has 0 saturated heterocycles. The molecule has 25 atom stereocenters. The highest BCUT2D eigenvalue weighted by Crippen LogP contribution is 2.79. The second-order valence-electron chi connectivity index (χ2n) is 26.2. The third-order valence-corrected chi connectivity index (χ3v) is 24.1. The summed E-state index contributed by atoms with van der Waals surface area (Å²) in [7, 11) is 0. The van der Waals surface area contributed by atoms with Crippen LogP contribution in [0.5, 0.6) is 0 Å². The summed E-state index contributed by atoms with van der Waals surface area (Å²) in [5, 5.41) is 0. The molecule has 9 aliphatic carbocycles. The molecule has 0 spiro atoms. The molecular formula is C64H104. The van der Waals surface area contributed by atoms with E-state index in [0.717, 1.165) is 148 Å². The number of benzene rings is 1. The lowest BCUT2D eigenvalue weighted by Gasteiger charge is -2.71. The van der Waals surface area contributed by atoms with Crippen LogP contribution >= 0.6 is 0 Å². The number of rotatable bonds is 17. The second kappa shape index (κ2) is 20.3. The molecule has 9 fully saturated rings. The van der Waals surface area contributed by atoms with Crippen molar-refractivity contribution >= 4 is 0 Å². The van der Waals surface area contributed by atoms with Gasteiger partial charge in [0, 0.05) is 0 Å². The third-order valence-electron chi connectivity index (χ3n) is 24.1. The van der Waals surface area contributed by atoms with Crippen molar-refractivity contribution in [1.29, 1.82) is 0 Å². The zero-order chi connectivity index (χ0) is 44.2. The van der Waals surface area contributed by atoms with Crippen molar-refractivity contribution in [3.05, 3.63) is 35.9 Å². The third kappa shape index (κ3) is 7.57. The number of hydrogen-bond donors (Lipinski definition) is 0. The molecule has 9 aliphatic rings. The highest BCUT2D eigenvalue weighted by Gasteiger charge is 2.73. The van der Waals surface area contributed by atoms with Crippen molar-refractivity contribution in [3.8, 4) is 0 Å². The molecule has 0 N–H and O–H groups in total. The molecule has 10 rings (SSSR count). The molecule has 0 bridgehead atoms. The molecule has 0 radical (unpaired) electrons. The van der Waals surface area contributed by atoms with Crippen molar-refractivity contribution in [2.24, 2.45) is 142 Å². The van der Waals surface area contributed by atoms with Gasteiger partial charge in [0.15, 0.2) is 0 Å². The lowest BCUT2D eigenvalue weighted by molar-refractivity contribution is -0.237. The molecule has 9 saturated carbocycles. The Kier molecular flexibility index (Phi) is 14.9. The van der Waals surface area contributed by atoms with Crippen molar-refractivity contribution < 1.29 is 0 Å². The van der Waals surface area contributed by atoms with Gasteiger partial charge in [0.05, 0.1) is 0 Å². The Morgan fingerprint density at radius 1 is 0.328 bits per heavy atom. The van der Waals surface area contributed by atoms with Crippen molar-refractivity contribution in [1.82, 2.24) is 0 Å². The molecule has 0 nitrogen and oxygen atoms in total. The van der Waals surface area contributed by atoms with Gasteiger partial charge in [-0.15, -0.1) is 0 Å². The Balaban J connectivity index is 1.20. The van der Waals surface area contributed by atoms with Crippen LogP contribution in [-0.4, -0.2) is 0 Å². The van der Waals surface area contributed by atoms with Crippen LogP contribution in [0.25, 0.3) is 0 Å². The summed E-state index contributed by atoms with van der Waals surface area (Å²) < 4.78 is 0. The van der Waals surface area contributed by atoms with Gasteiger partial charge in [0.1, 0.15) is 0 Å². The SMILES string of the molecule is CCCC1CCC2C3CC4C5CCCCC5CC4C4CC5C(C(CCC)C6C(CCC)C(CCC)C(CCC)C(c7ccccc7)C56)C(C43)C3C(CCC)C(CCC)C(CCC)C1C23. The van der Waals surface area contributed by atoms with E-state index < -0.39 is 0 Å². The van der Waals surface area contributed by atoms with Crippen LogP contribution in [0.3, 0.4) is 0 Å². The average Bonchev–Trinajstić information content (AvgIpc) is 3.84. The first-order valence-electron chi connectivity index (χ1n) is 30.5. The highest BCUT2D eigenvalue weighted by atomic mass is 14.8. The van der Waals surface area contributed by atoms with Gasteiger partial charge in [-0.1, -0.05) is 201 Å². The summed E-state index contributed by atoms with van der Waals surface area (Å²) in [6.45, 7) is 20.8. The van der Waals surface area contributed by atoms with Crippen LogP contribution in [0.2, 0.25) is 0 Å². The first-order valence-corrected chi connectivity index (χ1v) is 30.5. The van der Waals surface area contributed by atoms with Gasteiger partial charge in [-0.25, -0.2) is 0 Å². The van der Waals surface area contributed by atoms with Crippen LogP contribution < -0.4 is 0 Å². The smallest absolute Gasteiger partial charge is 0.00969 e. The maximum absolute atomic E-state index is 2.68. The van der Waals surface area contributed by atoms with Gasteiger partial charge in [0.2, 0.25) is 0 Å². The summed E-state index contributed by atoms with van der Waals surface area (Å²) in [4.78, 5) is 0. The fourth-order valence-electron chi connectivity index (χ4n) is 23.7. The average molecular weight is 874 g/mol. The molecule has 0 heterocycles. The van der Waals surface area contributed by atoms with Crippen LogP contribution in [0, 0.1) is 142 Å². The Morgan fingerprint density at radius 3 is 1.53 bits per heavy atom. The second-order valence-corrected chi connectivity index (χ2v) is 26.2. The Labute approximate surface area is 398 Å². The minimum absolute atomic E-state index is 0.787. The van der Waals surface area contributed by atoms with Gasteiger partial charge < -0.3 is 0 Å². The molecule has 0 aromatic heterocycles. The largest absolute Gasteiger partial charge is 0.0654 e. The summed E-state index contributed by atoms with van der Waals surface area (Å²) in [5.41, 5.74) is 1.79. The topological polar surface area (TPSA) is 0 Å². The maximum Gasteiger partial charge on any atom is -0.00969 e. The van der Waals surface area contributed by atoms with Crippen molar-refractivity contribution in [2.45, 2.75) is 222 Å². The fourth-order valence-corrected chi connectivity index (χ4v) is 23.7. The zero-order valence-electron chi connectivity index (χ0n) is 43.5. The Morgan fingerprint density at radius 2 is 0.859 bits per heavy atom. The molecule has 25 unspecified atom stereocenters. The van der Waals surface area contributed by atoms with Gasteiger partial charge in [-0.2, -0.15) is 0 Å². The predicted octanol–water partition coefficient (Wildman–Crippen LogP) is 18.6. The van der Waals surface area contributed by atoms with E-state index in [0.29, 0.717) is 0 Å². The lowest BCUT2D eigenvalue weighted by atomic mass is 9.33. The minimum Gasteiger partial charge on any atom is -0.0654 e. The van der Waals surface area contributed by atoms with Crippen LogP contribution in [0.1, 0.15) is 227 Å². The summed E-state index contributed by atoms with van der Waals surface area (Å²) in [6.07, 6.45) is 38.1. The monoisotopic (exact) mass is 873 g/mol. The van der Waals surface area contributed by atoms with E-state index in [9.17, 15) is 0 Å². The number of hydrogen-bond acceptors (Lipinski definition) is 0. The minimum atomic E-state index is 0.787. The predicted molar refractivity (Wildman–Crippen MR) is 274 cm³/mol. The number of fused-ring (bicyclic) bond motifs is 10. The standard InChI is InChI=1S/C64H104/c1-9-22-39-34-35-49-53-37-52-42-33-21-20-32-41(42)36-51(52)54-38-55-59(64(60(53)54)62-48(28-15-7)44(24-11-3)46(26-13-5)56(39)61(49)62)50(29-16-8)58-47(27-14-6)43(23-10-2)45(25-12-4)57(63(55)58)40-30-18-17-19-31-40/h17-19,30-31,39,41-64H,9-16,20-29,32-38H2,1-8H3. The van der Waals surface area contributed by atoms with Gasteiger partial charge in [-0.05, 0) is 198 Å². The van der Waals surface area contributed by atoms with E-state index in [1.54, 1.807) is 89.0 Å². The van der Waals surface area contributed by atoms with E-state index in [2.05, 4.69) is 85.7 Å². The van der Waals surface area contributed by atoms with E-state index in [1.165, 1.54) is 77.0 Å². The van der Waals surface area contributed by atoms with E-state index in [1.807, 2.05) is 0 Å². The summed E-state index contributed by atoms with van der Waals surface area (Å²) >= 11 is 0. The molecule has 1 aromatic carbocycles. The van der Waals surface area contributed by atoms with Crippen LogP contribution in [0.15, 0.2) is 30.3 Å². The molecule has 0 aliphatic heterocycles. The Bertz CT molecular complexity index is 1610. The quantitative estimate of drug-likeness (QED) is 0.146. The lowest BCUT2D eigenvalue weighted by Crippen LogP contribution is -2.66. The fraction of sp³-hybridized carbons (Fsp3) is 0.906. The van der Waals surface area contributed by atoms with Crippen molar-refractivity contribution in [3.63, 3.8) is 0 Å². The molecule has 0 amide bonds. The van der Waals surface area contributed by atoms with Gasteiger partial charge >= 0.3 is 0 Å². The summed E-state index contributed by atoms with van der Waals surface area (Å²) in [5.74, 6) is 25.2. The highest BCUT2D eigenvalue weighted by molar-refractivity contribution is 5.28. The van der Waals surface area contributed by atoms with E-state index >= 15 is 0 Å².